The summed E-state index contributed by atoms with van der Waals surface area (Å²) in [5, 5.41) is 2.94. The van der Waals surface area contributed by atoms with E-state index < -0.39 is 10.0 Å². The van der Waals surface area contributed by atoms with Gasteiger partial charge in [0.2, 0.25) is 0 Å². The molecule has 3 rings (SSSR count). The molecule has 0 aliphatic carbocycles. The maximum absolute atomic E-state index is 12.8. The standard InChI is InChI=1S/C24H26N2O3S/c1-18-9-15-23(16-10-18)30(28,29)26(3)22-13-11-21(12-14-22)24(27)25-17-19(2)20-7-5-4-6-8-20/h4-16,19H,17H2,1-3H3,(H,25,27). The molecule has 1 unspecified atom stereocenters. The predicted octanol–water partition coefficient (Wildman–Crippen LogP) is 4.35. The second-order valence-corrected chi connectivity index (χ2v) is 9.32. The van der Waals surface area contributed by atoms with Gasteiger partial charge in [-0.05, 0) is 54.8 Å². The monoisotopic (exact) mass is 422 g/mol. The zero-order chi connectivity index (χ0) is 21.7. The first-order valence-corrected chi connectivity index (χ1v) is 11.2. The number of nitrogens with one attached hydrogen (secondary N) is 1. The van der Waals surface area contributed by atoms with E-state index in [1.807, 2.05) is 37.3 Å². The number of nitrogens with zero attached hydrogens (tertiary/aromatic N) is 1. The fourth-order valence-corrected chi connectivity index (χ4v) is 4.27. The summed E-state index contributed by atoms with van der Waals surface area (Å²) in [6, 6.07) is 23.3. The van der Waals surface area contributed by atoms with Gasteiger partial charge in [0.05, 0.1) is 10.6 Å². The molecule has 0 heterocycles. The molecule has 0 aliphatic rings. The Balaban J connectivity index is 1.66. The maximum Gasteiger partial charge on any atom is 0.264 e. The van der Waals surface area contributed by atoms with Gasteiger partial charge < -0.3 is 5.32 Å². The van der Waals surface area contributed by atoms with Gasteiger partial charge in [0.1, 0.15) is 0 Å². The summed E-state index contributed by atoms with van der Waals surface area (Å²) in [6.07, 6.45) is 0. The van der Waals surface area contributed by atoms with Crippen molar-refractivity contribution in [2.24, 2.45) is 0 Å². The van der Waals surface area contributed by atoms with Crippen molar-refractivity contribution < 1.29 is 13.2 Å². The number of hydrogen-bond acceptors (Lipinski definition) is 3. The van der Waals surface area contributed by atoms with Crippen LogP contribution < -0.4 is 9.62 Å². The zero-order valence-corrected chi connectivity index (χ0v) is 18.2. The van der Waals surface area contributed by atoms with Crippen molar-refractivity contribution >= 4 is 21.6 Å². The quantitative estimate of drug-likeness (QED) is 0.615. The first-order chi connectivity index (χ1) is 14.3. The summed E-state index contributed by atoms with van der Waals surface area (Å²) < 4.78 is 26.9. The summed E-state index contributed by atoms with van der Waals surface area (Å²) in [6.45, 7) is 4.49. The molecule has 1 N–H and O–H groups in total. The van der Waals surface area contributed by atoms with E-state index in [0.717, 1.165) is 11.1 Å². The molecule has 156 valence electrons. The van der Waals surface area contributed by atoms with Crippen molar-refractivity contribution in [3.8, 4) is 0 Å². The van der Waals surface area contributed by atoms with Gasteiger partial charge in [-0.3, -0.25) is 9.10 Å². The third-order valence-electron chi connectivity index (χ3n) is 5.11. The van der Waals surface area contributed by atoms with Crippen LogP contribution in [0.1, 0.15) is 34.3 Å². The molecule has 0 saturated heterocycles. The minimum Gasteiger partial charge on any atom is -0.351 e. The minimum absolute atomic E-state index is 0.187. The van der Waals surface area contributed by atoms with Crippen LogP contribution in [-0.4, -0.2) is 27.9 Å². The lowest BCUT2D eigenvalue weighted by Crippen LogP contribution is -2.28. The van der Waals surface area contributed by atoms with E-state index >= 15 is 0 Å². The van der Waals surface area contributed by atoms with Crippen LogP contribution in [0.25, 0.3) is 0 Å². The number of amides is 1. The number of aryl methyl sites for hydroxylation is 1. The number of rotatable bonds is 7. The highest BCUT2D eigenvalue weighted by Gasteiger charge is 2.21. The SMILES string of the molecule is Cc1ccc(S(=O)(=O)N(C)c2ccc(C(=O)NCC(C)c3ccccc3)cc2)cc1. The van der Waals surface area contributed by atoms with Crippen molar-refractivity contribution in [3.63, 3.8) is 0 Å². The van der Waals surface area contributed by atoms with Gasteiger partial charge in [0.15, 0.2) is 0 Å². The molecule has 3 aromatic rings. The Bertz CT molecular complexity index is 1090. The van der Waals surface area contributed by atoms with Gasteiger partial charge in [-0.25, -0.2) is 8.42 Å². The average molecular weight is 423 g/mol. The van der Waals surface area contributed by atoms with Crippen LogP contribution in [0.5, 0.6) is 0 Å². The van der Waals surface area contributed by atoms with Crippen LogP contribution >= 0.6 is 0 Å². The molecular formula is C24H26N2O3S. The number of sulfonamides is 1. The fraction of sp³-hybridized carbons (Fsp3) is 0.208. The van der Waals surface area contributed by atoms with Crippen LogP contribution in [0.4, 0.5) is 5.69 Å². The molecular weight excluding hydrogens is 396 g/mol. The minimum atomic E-state index is -3.66. The first kappa shape index (κ1) is 21.6. The Morgan fingerprint density at radius 1 is 0.933 bits per heavy atom. The lowest BCUT2D eigenvalue weighted by molar-refractivity contribution is 0.0951. The normalized spacial score (nSPS) is 12.2. The van der Waals surface area contributed by atoms with Crippen molar-refractivity contribution in [1.29, 1.82) is 0 Å². The summed E-state index contributed by atoms with van der Waals surface area (Å²) in [5.41, 5.74) is 3.13. The molecule has 3 aromatic carbocycles. The van der Waals surface area contributed by atoms with E-state index in [1.165, 1.54) is 11.4 Å². The third kappa shape index (κ3) is 4.89. The molecule has 0 aliphatic heterocycles. The molecule has 5 nitrogen and oxygen atoms in total. The Morgan fingerprint density at radius 3 is 2.13 bits per heavy atom. The summed E-state index contributed by atoms with van der Waals surface area (Å²) in [5.74, 6) is 0.00795. The van der Waals surface area contributed by atoms with E-state index in [1.54, 1.807) is 48.5 Å². The number of carbonyl (C=O) groups is 1. The van der Waals surface area contributed by atoms with Crippen LogP contribution in [-0.2, 0) is 10.0 Å². The highest BCUT2D eigenvalue weighted by Crippen LogP contribution is 2.23. The highest BCUT2D eigenvalue weighted by atomic mass is 32.2. The predicted molar refractivity (Wildman–Crippen MR) is 120 cm³/mol. The van der Waals surface area contributed by atoms with E-state index in [0.29, 0.717) is 17.8 Å². The highest BCUT2D eigenvalue weighted by molar-refractivity contribution is 7.92. The van der Waals surface area contributed by atoms with E-state index in [2.05, 4.69) is 12.2 Å². The molecule has 0 saturated carbocycles. The van der Waals surface area contributed by atoms with Gasteiger partial charge in [-0.1, -0.05) is 55.0 Å². The smallest absolute Gasteiger partial charge is 0.264 e. The second kappa shape index (κ2) is 9.13. The molecule has 0 spiro atoms. The summed E-state index contributed by atoms with van der Waals surface area (Å²) in [4.78, 5) is 12.7. The van der Waals surface area contributed by atoms with E-state index in [-0.39, 0.29) is 16.7 Å². The molecule has 1 amide bonds. The average Bonchev–Trinajstić information content (AvgIpc) is 2.77. The van der Waals surface area contributed by atoms with Crippen LogP contribution in [0, 0.1) is 6.92 Å². The number of hydrogen-bond donors (Lipinski definition) is 1. The molecule has 6 heteroatoms. The van der Waals surface area contributed by atoms with Crippen molar-refractivity contribution in [2.75, 3.05) is 17.9 Å². The van der Waals surface area contributed by atoms with Crippen LogP contribution in [0.2, 0.25) is 0 Å². The van der Waals surface area contributed by atoms with Gasteiger partial charge in [0, 0.05) is 19.2 Å². The van der Waals surface area contributed by atoms with E-state index in [9.17, 15) is 13.2 Å². The second-order valence-electron chi connectivity index (χ2n) is 7.35. The van der Waals surface area contributed by atoms with Gasteiger partial charge in [0.25, 0.3) is 15.9 Å². The van der Waals surface area contributed by atoms with Crippen molar-refractivity contribution in [3.05, 3.63) is 95.6 Å². The summed E-state index contributed by atoms with van der Waals surface area (Å²) in [7, 11) is -2.16. The van der Waals surface area contributed by atoms with Crippen LogP contribution in [0.3, 0.4) is 0 Å². The molecule has 30 heavy (non-hydrogen) atoms. The first-order valence-electron chi connectivity index (χ1n) is 9.78. The van der Waals surface area contributed by atoms with Gasteiger partial charge >= 0.3 is 0 Å². The van der Waals surface area contributed by atoms with Crippen molar-refractivity contribution in [2.45, 2.75) is 24.7 Å². The van der Waals surface area contributed by atoms with E-state index in [4.69, 9.17) is 0 Å². The van der Waals surface area contributed by atoms with Crippen LogP contribution in [0.15, 0.2) is 83.8 Å². The third-order valence-corrected chi connectivity index (χ3v) is 6.91. The molecule has 0 bridgehead atoms. The number of carbonyl (C=O) groups excluding carboxylic acids is 1. The summed E-state index contributed by atoms with van der Waals surface area (Å²) >= 11 is 0. The molecule has 0 aromatic heterocycles. The Kier molecular flexibility index (Phi) is 6.57. The zero-order valence-electron chi connectivity index (χ0n) is 17.4. The van der Waals surface area contributed by atoms with Gasteiger partial charge in [-0.2, -0.15) is 0 Å². The molecule has 0 radical (unpaired) electrons. The lowest BCUT2D eigenvalue weighted by atomic mass is 10.0. The fourth-order valence-electron chi connectivity index (χ4n) is 3.08. The molecule has 0 fully saturated rings. The number of benzene rings is 3. The van der Waals surface area contributed by atoms with Crippen molar-refractivity contribution in [1.82, 2.24) is 5.32 Å². The largest absolute Gasteiger partial charge is 0.351 e. The topological polar surface area (TPSA) is 66.5 Å². The Labute approximate surface area is 178 Å². The molecule has 1 atom stereocenters. The number of anilines is 1. The lowest BCUT2D eigenvalue weighted by Gasteiger charge is -2.20. The maximum atomic E-state index is 12.8. The van der Waals surface area contributed by atoms with Gasteiger partial charge in [-0.15, -0.1) is 0 Å². The Morgan fingerprint density at radius 2 is 1.53 bits per heavy atom. The Hall–Kier alpha value is -3.12.